The van der Waals surface area contributed by atoms with Gasteiger partial charge in [-0.25, -0.2) is 9.97 Å². The zero-order chi connectivity index (χ0) is 16.7. The van der Waals surface area contributed by atoms with E-state index in [4.69, 9.17) is 15.2 Å². The Hall–Kier alpha value is -2.30. The maximum atomic E-state index is 5.81. The molecule has 0 fully saturated rings. The second-order valence-electron chi connectivity index (χ2n) is 5.74. The van der Waals surface area contributed by atoms with Crippen molar-refractivity contribution in [2.75, 3.05) is 12.3 Å². The van der Waals surface area contributed by atoms with Gasteiger partial charge in [-0.3, -0.25) is 0 Å². The van der Waals surface area contributed by atoms with Gasteiger partial charge in [-0.2, -0.15) is 0 Å². The number of nitrogens with two attached hydrogens (primary N) is 1. The summed E-state index contributed by atoms with van der Waals surface area (Å²) >= 11 is 0. The summed E-state index contributed by atoms with van der Waals surface area (Å²) in [4.78, 5) is 8.72. The summed E-state index contributed by atoms with van der Waals surface area (Å²) in [6.07, 6.45) is 4.41. The predicted octanol–water partition coefficient (Wildman–Crippen LogP) is 3.56. The van der Waals surface area contributed by atoms with Gasteiger partial charge in [-0.1, -0.05) is 13.3 Å². The van der Waals surface area contributed by atoms with Crippen LogP contribution in [-0.2, 0) is 6.42 Å². The number of nitrogen functional groups attached to an aromatic ring is 1. The van der Waals surface area contributed by atoms with Crippen molar-refractivity contribution in [3.8, 4) is 11.8 Å². The van der Waals surface area contributed by atoms with Crippen LogP contribution in [0.25, 0.3) is 0 Å². The molecule has 0 aromatic carbocycles. The number of unbranched alkanes of at least 4 members (excludes halogenated alkanes) is 1. The normalized spacial score (nSPS) is 12.0. The van der Waals surface area contributed by atoms with Crippen LogP contribution in [0.3, 0.4) is 0 Å². The molecule has 1 atom stereocenters. The second-order valence-corrected chi connectivity index (χ2v) is 5.74. The molecule has 0 aliphatic rings. The highest BCUT2D eigenvalue weighted by molar-refractivity contribution is 5.39. The van der Waals surface area contributed by atoms with Crippen molar-refractivity contribution >= 4 is 5.69 Å². The Bertz CT molecular complexity index is 631. The van der Waals surface area contributed by atoms with Crippen molar-refractivity contribution in [2.45, 2.75) is 46.1 Å². The van der Waals surface area contributed by atoms with Gasteiger partial charge in [0.1, 0.15) is 6.10 Å². The number of rotatable bonds is 8. The van der Waals surface area contributed by atoms with E-state index < -0.39 is 0 Å². The van der Waals surface area contributed by atoms with E-state index in [2.05, 4.69) is 23.0 Å². The topological polar surface area (TPSA) is 70.3 Å². The monoisotopic (exact) mass is 315 g/mol. The van der Waals surface area contributed by atoms with Crippen LogP contribution in [0.4, 0.5) is 5.69 Å². The zero-order valence-electron chi connectivity index (χ0n) is 14.1. The molecule has 0 aliphatic carbocycles. The first-order valence-corrected chi connectivity index (χ1v) is 8.05. The summed E-state index contributed by atoms with van der Waals surface area (Å²) in [5, 5.41) is 0. The van der Waals surface area contributed by atoms with Crippen LogP contribution < -0.4 is 15.2 Å². The molecule has 2 heterocycles. The van der Waals surface area contributed by atoms with E-state index in [-0.39, 0.29) is 6.10 Å². The Morgan fingerprint density at radius 3 is 2.78 bits per heavy atom. The molecular weight excluding hydrogens is 290 g/mol. The van der Waals surface area contributed by atoms with Gasteiger partial charge in [0.2, 0.25) is 11.8 Å². The summed E-state index contributed by atoms with van der Waals surface area (Å²) < 4.78 is 11.5. The maximum Gasteiger partial charge on any atom is 0.215 e. The Kier molecular flexibility index (Phi) is 6.20. The van der Waals surface area contributed by atoms with Crippen LogP contribution in [0.15, 0.2) is 30.5 Å². The highest BCUT2D eigenvalue weighted by atomic mass is 16.5. The summed E-state index contributed by atoms with van der Waals surface area (Å²) in [5.41, 5.74) is 8.46. The van der Waals surface area contributed by atoms with Gasteiger partial charge in [-0.05, 0) is 38.0 Å². The quantitative estimate of drug-likeness (QED) is 0.754. The van der Waals surface area contributed by atoms with Crippen molar-refractivity contribution in [1.82, 2.24) is 9.97 Å². The minimum atomic E-state index is -0.0536. The van der Waals surface area contributed by atoms with Crippen LogP contribution in [-0.4, -0.2) is 22.7 Å². The summed E-state index contributed by atoms with van der Waals surface area (Å²) in [5.74, 6) is 1.22. The third-order valence-electron chi connectivity index (χ3n) is 3.32. The first-order valence-electron chi connectivity index (χ1n) is 8.05. The largest absolute Gasteiger partial charge is 0.478 e. The summed E-state index contributed by atoms with van der Waals surface area (Å²) in [6, 6.07) is 7.47. The van der Waals surface area contributed by atoms with Gasteiger partial charge in [0.05, 0.1) is 6.61 Å². The smallest absolute Gasteiger partial charge is 0.215 e. The van der Waals surface area contributed by atoms with E-state index in [0.29, 0.717) is 30.5 Å². The van der Waals surface area contributed by atoms with Gasteiger partial charge < -0.3 is 15.2 Å². The van der Waals surface area contributed by atoms with Gasteiger partial charge in [0.15, 0.2) is 0 Å². The Morgan fingerprint density at radius 1 is 1.22 bits per heavy atom. The van der Waals surface area contributed by atoms with Crippen molar-refractivity contribution in [2.24, 2.45) is 0 Å². The van der Waals surface area contributed by atoms with Crippen molar-refractivity contribution < 1.29 is 9.47 Å². The second kappa shape index (κ2) is 8.36. The van der Waals surface area contributed by atoms with Crippen molar-refractivity contribution in [3.05, 3.63) is 41.7 Å². The Labute approximate surface area is 137 Å². The molecule has 0 saturated heterocycles. The lowest BCUT2D eigenvalue weighted by Crippen LogP contribution is -2.17. The number of hydrogen-bond donors (Lipinski definition) is 1. The van der Waals surface area contributed by atoms with E-state index in [1.165, 1.54) is 0 Å². The number of aromatic nitrogens is 2. The van der Waals surface area contributed by atoms with Crippen molar-refractivity contribution in [3.63, 3.8) is 0 Å². The molecule has 2 N–H and O–H groups in total. The third-order valence-corrected chi connectivity index (χ3v) is 3.32. The van der Waals surface area contributed by atoms with E-state index in [9.17, 15) is 0 Å². The number of ether oxygens (including phenoxy) is 2. The van der Waals surface area contributed by atoms with Gasteiger partial charge in [0.25, 0.3) is 0 Å². The van der Waals surface area contributed by atoms with E-state index in [0.717, 1.165) is 24.1 Å². The fourth-order valence-electron chi connectivity index (χ4n) is 2.24. The first kappa shape index (κ1) is 17.1. The lowest BCUT2D eigenvalue weighted by atomic mass is 10.1. The van der Waals surface area contributed by atoms with Crippen LogP contribution in [0, 0.1) is 6.92 Å². The Balaban J connectivity index is 1.98. The molecule has 124 valence electrons. The number of aryl methyl sites for hydroxylation is 1. The Morgan fingerprint density at radius 2 is 2.04 bits per heavy atom. The van der Waals surface area contributed by atoms with Gasteiger partial charge in [-0.15, -0.1) is 0 Å². The molecule has 0 saturated carbocycles. The van der Waals surface area contributed by atoms with Crippen LogP contribution >= 0.6 is 0 Å². The van der Waals surface area contributed by atoms with Crippen LogP contribution in [0.1, 0.15) is 37.9 Å². The molecule has 2 rings (SSSR count). The molecule has 0 aliphatic heterocycles. The molecule has 2 aromatic rings. The highest BCUT2D eigenvalue weighted by Crippen LogP contribution is 2.17. The molecule has 2 aromatic heterocycles. The lowest BCUT2D eigenvalue weighted by Gasteiger charge is -2.15. The van der Waals surface area contributed by atoms with Gasteiger partial charge >= 0.3 is 0 Å². The number of hydrogen-bond acceptors (Lipinski definition) is 5. The molecular formula is C18H25N3O2. The lowest BCUT2D eigenvalue weighted by molar-refractivity contribution is 0.211. The van der Waals surface area contributed by atoms with Crippen LogP contribution in [0.2, 0.25) is 0 Å². The molecule has 0 amide bonds. The molecule has 0 bridgehead atoms. The fraction of sp³-hybridized carbons (Fsp3) is 0.444. The average Bonchev–Trinajstić information content (AvgIpc) is 2.46. The molecule has 0 spiro atoms. The molecule has 5 heteroatoms. The van der Waals surface area contributed by atoms with E-state index in [1.54, 1.807) is 18.3 Å². The minimum Gasteiger partial charge on any atom is -0.478 e. The van der Waals surface area contributed by atoms with E-state index >= 15 is 0 Å². The standard InChI is InChI=1S/C18H25N3O2/c1-4-5-8-22-18-10-13(2)9-16(21-18)11-14(3)23-17-12-15(19)6-7-20-17/h6-7,9-10,12,14H,4-5,8,11H2,1-3H3,(H2,19,20). The number of anilines is 1. The minimum absolute atomic E-state index is 0.0536. The molecule has 5 nitrogen and oxygen atoms in total. The predicted molar refractivity (Wildman–Crippen MR) is 91.8 cm³/mol. The summed E-state index contributed by atoms with van der Waals surface area (Å²) in [6.45, 7) is 6.88. The molecule has 23 heavy (non-hydrogen) atoms. The zero-order valence-corrected chi connectivity index (χ0v) is 14.1. The van der Waals surface area contributed by atoms with Gasteiger partial charge in [0, 0.05) is 36.1 Å². The number of nitrogens with zero attached hydrogens (tertiary/aromatic N) is 2. The van der Waals surface area contributed by atoms with Crippen LogP contribution in [0.5, 0.6) is 11.8 Å². The first-order chi connectivity index (χ1) is 11.1. The summed E-state index contributed by atoms with van der Waals surface area (Å²) in [7, 11) is 0. The SMILES string of the molecule is CCCCOc1cc(C)cc(CC(C)Oc2cc(N)ccn2)n1. The maximum absolute atomic E-state index is 5.81. The fourth-order valence-corrected chi connectivity index (χ4v) is 2.24. The highest BCUT2D eigenvalue weighted by Gasteiger charge is 2.10. The molecule has 1 unspecified atom stereocenters. The number of pyridine rings is 2. The average molecular weight is 315 g/mol. The van der Waals surface area contributed by atoms with E-state index in [1.807, 2.05) is 19.9 Å². The third kappa shape index (κ3) is 5.77. The molecule has 0 radical (unpaired) electrons. The van der Waals surface area contributed by atoms with Crippen molar-refractivity contribution in [1.29, 1.82) is 0 Å².